The van der Waals surface area contributed by atoms with E-state index in [-0.39, 0.29) is 11.8 Å². The topological polar surface area (TPSA) is 87.5 Å². The molecule has 1 aliphatic carbocycles. The molecule has 2 amide bonds. The Labute approximate surface area is 137 Å². The molecule has 23 heavy (non-hydrogen) atoms. The molecule has 1 fully saturated rings. The molecule has 1 aromatic rings. The van der Waals surface area contributed by atoms with Gasteiger partial charge in [-0.2, -0.15) is 0 Å². The summed E-state index contributed by atoms with van der Waals surface area (Å²) in [4.78, 5) is 26.4. The predicted molar refractivity (Wildman–Crippen MR) is 91.3 cm³/mol. The molecule has 0 unspecified atom stereocenters. The number of rotatable bonds is 8. The predicted octanol–water partition coefficient (Wildman–Crippen LogP) is 1.19. The average molecular weight is 318 g/mol. The molecular weight excluding hydrogens is 292 g/mol. The first kappa shape index (κ1) is 17.4. The molecule has 1 saturated carbocycles. The van der Waals surface area contributed by atoms with Crippen molar-refractivity contribution in [3.8, 4) is 0 Å². The lowest BCUT2D eigenvalue weighted by Crippen LogP contribution is -2.38. The van der Waals surface area contributed by atoms with E-state index in [1.54, 1.807) is 24.3 Å². The minimum atomic E-state index is -0.720. The average Bonchev–Trinajstić information content (AvgIpc) is 3.31. The van der Waals surface area contributed by atoms with Crippen molar-refractivity contribution in [1.29, 1.82) is 0 Å². The maximum Gasteiger partial charge on any atom is 0.251 e. The van der Waals surface area contributed by atoms with E-state index in [1.807, 2.05) is 0 Å². The van der Waals surface area contributed by atoms with Gasteiger partial charge in [0, 0.05) is 24.3 Å². The number of amides is 2. The number of anilines is 1. The third-order valence-electron chi connectivity index (χ3n) is 4.23. The standard InChI is InChI=1S/C17H26N4O2/c1-3-21(4-2)11-10-19-15(22)13-6-5-7-14(12-13)20-16(23)17(18)8-9-17/h5-7,12H,3-4,8-11,18H2,1-2H3,(H,19,22)(H,20,23). The summed E-state index contributed by atoms with van der Waals surface area (Å²) in [5, 5.41) is 5.68. The Bertz CT molecular complexity index is 565. The molecule has 0 saturated heterocycles. The van der Waals surface area contributed by atoms with Gasteiger partial charge >= 0.3 is 0 Å². The Kier molecular flexibility index (Phi) is 5.74. The highest BCUT2D eigenvalue weighted by Crippen LogP contribution is 2.33. The zero-order valence-electron chi connectivity index (χ0n) is 13.9. The van der Waals surface area contributed by atoms with Crippen molar-refractivity contribution in [3.63, 3.8) is 0 Å². The van der Waals surface area contributed by atoms with Crippen LogP contribution in [-0.2, 0) is 4.79 Å². The molecule has 6 nitrogen and oxygen atoms in total. The van der Waals surface area contributed by atoms with E-state index in [4.69, 9.17) is 5.73 Å². The maximum absolute atomic E-state index is 12.2. The van der Waals surface area contributed by atoms with Gasteiger partial charge in [-0.1, -0.05) is 19.9 Å². The van der Waals surface area contributed by atoms with Gasteiger partial charge < -0.3 is 21.3 Å². The summed E-state index contributed by atoms with van der Waals surface area (Å²) >= 11 is 0. The quantitative estimate of drug-likeness (QED) is 0.672. The van der Waals surface area contributed by atoms with Crippen LogP contribution in [-0.4, -0.2) is 48.4 Å². The second kappa shape index (κ2) is 7.57. The number of hydrogen-bond acceptors (Lipinski definition) is 4. The van der Waals surface area contributed by atoms with E-state index in [0.29, 0.717) is 30.6 Å². The molecule has 0 atom stereocenters. The van der Waals surface area contributed by atoms with Crippen LogP contribution in [0.5, 0.6) is 0 Å². The van der Waals surface area contributed by atoms with Gasteiger partial charge in [0.1, 0.15) is 0 Å². The maximum atomic E-state index is 12.2. The van der Waals surface area contributed by atoms with Crippen LogP contribution in [0.15, 0.2) is 24.3 Å². The van der Waals surface area contributed by atoms with E-state index in [1.165, 1.54) is 0 Å². The summed E-state index contributed by atoms with van der Waals surface area (Å²) in [5.74, 6) is -0.321. The Morgan fingerprint density at radius 1 is 1.26 bits per heavy atom. The number of likely N-dealkylation sites (N-methyl/N-ethyl adjacent to an activating group) is 1. The smallest absolute Gasteiger partial charge is 0.251 e. The van der Waals surface area contributed by atoms with Crippen molar-refractivity contribution in [1.82, 2.24) is 10.2 Å². The van der Waals surface area contributed by atoms with E-state index >= 15 is 0 Å². The molecule has 126 valence electrons. The van der Waals surface area contributed by atoms with Crippen molar-refractivity contribution < 1.29 is 9.59 Å². The number of hydrogen-bond donors (Lipinski definition) is 3. The molecule has 1 aliphatic rings. The van der Waals surface area contributed by atoms with Crippen LogP contribution < -0.4 is 16.4 Å². The lowest BCUT2D eigenvalue weighted by Gasteiger charge is -2.18. The number of nitrogens with two attached hydrogens (primary N) is 1. The van der Waals surface area contributed by atoms with Gasteiger partial charge in [-0.3, -0.25) is 9.59 Å². The highest BCUT2D eigenvalue weighted by atomic mass is 16.2. The summed E-state index contributed by atoms with van der Waals surface area (Å²) < 4.78 is 0. The first-order valence-corrected chi connectivity index (χ1v) is 8.19. The van der Waals surface area contributed by atoms with Gasteiger partial charge in [-0.15, -0.1) is 0 Å². The molecule has 0 heterocycles. The molecule has 1 aromatic carbocycles. The third kappa shape index (κ3) is 4.77. The summed E-state index contributed by atoms with van der Waals surface area (Å²) in [6.07, 6.45) is 1.43. The Balaban J connectivity index is 1.88. The van der Waals surface area contributed by atoms with Crippen LogP contribution in [0.2, 0.25) is 0 Å². The van der Waals surface area contributed by atoms with Crippen molar-refractivity contribution in [3.05, 3.63) is 29.8 Å². The lowest BCUT2D eigenvalue weighted by molar-refractivity contribution is -0.118. The van der Waals surface area contributed by atoms with Crippen molar-refractivity contribution in [2.24, 2.45) is 5.73 Å². The van der Waals surface area contributed by atoms with Crippen LogP contribution in [0.4, 0.5) is 5.69 Å². The number of nitrogens with one attached hydrogen (secondary N) is 2. The summed E-state index contributed by atoms with van der Waals surface area (Å²) in [7, 11) is 0. The van der Waals surface area contributed by atoms with Crippen LogP contribution in [0.3, 0.4) is 0 Å². The van der Waals surface area contributed by atoms with Crippen LogP contribution in [0, 0.1) is 0 Å². The van der Waals surface area contributed by atoms with E-state index in [9.17, 15) is 9.59 Å². The first-order valence-electron chi connectivity index (χ1n) is 8.19. The number of carbonyl (C=O) groups excluding carboxylic acids is 2. The lowest BCUT2D eigenvalue weighted by atomic mass is 10.1. The zero-order chi connectivity index (χ0) is 16.9. The molecular formula is C17H26N4O2. The second-order valence-corrected chi connectivity index (χ2v) is 5.97. The van der Waals surface area contributed by atoms with Crippen molar-refractivity contribution >= 4 is 17.5 Å². The SMILES string of the molecule is CCN(CC)CCNC(=O)c1cccc(NC(=O)C2(N)CC2)c1. The monoisotopic (exact) mass is 318 g/mol. The minimum Gasteiger partial charge on any atom is -0.351 e. The fourth-order valence-electron chi connectivity index (χ4n) is 2.32. The molecule has 0 bridgehead atoms. The van der Waals surface area contributed by atoms with E-state index < -0.39 is 5.54 Å². The Morgan fingerprint density at radius 3 is 2.57 bits per heavy atom. The number of nitrogens with zero attached hydrogens (tertiary/aromatic N) is 1. The molecule has 0 aliphatic heterocycles. The fraction of sp³-hybridized carbons (Fsp3) is 0.529. The van der Waals surface area contributed by atoms with Gasteiger partial charge in [0.2, 0.25) is 5.91 Å². The Morgan fingerprint density at radius 2 is 1.96 bits per heavy atom. The normalized spacial score (nSPS) is 15.3. The molecule has 0 radical (unpaired) electrons. The van der Waals surface area contributed by atoms with Gasteiger partial charge in [0.05, 0.1) is 5.54 Å². The largest absolute Gasteiger partial charge is 0.351 e. The molecule has 0 spiro atoms. The minimum absolute atomic E-state index is 0.137. The molecule has 4 N–H and O–H groups in total. The fourth-order valence-corrected chi connectivity index (χ4v) is 2.32. The summed E-state index contributed by atoms with van der Waals surface area (Å²) in [6.45, 7) is 7.56. The first-order chi connectivity index (χ1) is 11.0. The molecule has 0 aromatic heterocycles. The van der Waals surface area contributed by atoms with Crippen LogP contribution in [0.25, 0.3) is 0 Å². The van der Waals surface area contributed by atoms with Gasteiger partial charge in [0.25, 0.3) is 5.91 Å². The van der Waals surface area contributed by atoms with Gasteiger partial charge in [0.15, 0.2) is 0 Å². The van der Waals surface area contributed by atoms with E-state index in [0.717, 1.165) is 19.6 Å². The van der Waals surface area contributed by atoms with Crippen molar-refractivity contribution in [2.45, 2.75) is 32.2 Å². The zero-order valence-corrected chi connectivity index (χ0v) is 13.9. The molecule has 6 heteroatoms. The summed E-state index contributed by atoms with van der Waals surface area (Å²) in [5.41, 5.74) is 6.27. The molecule has 2 rings (SSSR count). The van der Waals surface area contributed by atoms with Gasteiger partial charge in [-0.05, 0) is 44.1 Å². The highest BCUT2D eigenvalue weighted by molar-refractivity contribution is 6.01. The highest BCUT2D eigenvalue weighted by Gasteiger charge is 2.45. The van der Waals surface area contributed by atoms with Gasteiger partial charge in [-0.25, -0.2) is 0 Å². The number of carbonyl (C=O) groups is 2. The number of benzene rings is 1. The summed E-state index contributed by atoms with van der Waals surface area (Å²) in [6, 6.07) is 6.93. The van der Waals surface area contributed by atoms with Crippen LogP contribution >= 0.6 is 0 Å². The second-order valence-electron chi connectivity index (χ2n) is 5.97. The Hall–Kier alpha value is -1.92. The van der Waals surface area contributed by atoms with E-state index in [2.05, 4.69) is 29.4 Å². The van der Waals surface area contributed by atoms with Crippen molar-refractivity contribution in [2.75, 3.05) is 31.5 Å². The van der Waals surface area contributed by atoms with Crippen LogP contribution in [0.1, 0.15) is 37.0 Å². The third-order valence-corrected chi connectivity index (χ3v) is 4.23.